The molecule has 5 heteroatoms. The van der Waals surface area contributed by atoms with Crippen LogP contribution in [0.2, 0.25) is 0 Å². The molecule has 0 aromatic heterocycles. The van der Waals surface area contributed by atoms with Crippen molar-refractivity contribution in [3.05, 3.63) is 28.2 Å². The van der Waals surface area contributed by atoms with Gasteiger partial charge < -0.3 is 15.4 Å². The van der Waals surface area contributed by atoms with Crippen LogP contribution in [-0.2, 0) is 11.3 Å². The van der Waals surface area contributed by atoms with Gasteiger partial charge in [-0.15, -0.1) is 6.42 Å². The molecule has 0 spiro atoms. The minimum atomic E-state index is -0.233. The first-order valence-electron chi connectivity index (χ1n) is 6.00. The van der Waals surface area contributed by atoms with Crippen molar-refractivity contribution in [1.82, 2.24) is 10.6 Å². The summed E-state index contributed by atoms with van der Waals surface area (Å²) in [6.07, 6.45) is 5.07. The minimum absolute atomic E-state index is 0.0522. The average Bonchev–Trinajstić information content (AvgIpc) is 2.41. The lowest BCUT2D eigenvalue weighted by Gasteiger charge is -2.13. The molecule has 102 valence electrons. The fraction of sp³-hybridized carbons (Fsp3) is 0.357. The van der Waals surface area contributed by atoms with E-state index in [1.54, 1.807) is 0 Å². The molecule has 19 heavy (non-hydrogen) atoms. The Balaban J connectivity index is 2.65. The Morgan fingerprint density at radius 2 is 2.32 bits per heavy atom. The fourth-order valence-corrected chi connectivity index (χ4v) is 1.97. The second-order valence-corrected chi connectivity index (χ2v) is 4.63. The summed E-state index contributed by atoms with van der Waals surface area (Å²) in [7, 11) is 0. The predicted molar refractivity (Wildman–Crippen MR) is 78.9 cm³/mol. The van der Waals surface area contributed by atoms with E-state index in [0.29, 0.717) is 12.3 Å². The van der Waals surface area contributed by atoms with Crippen molar-refractivity contribution < 1.29 is 9.53 Å². The Morgan fingerprint density at radius 3 is 3.00 bits per heavy atom. The number of terminal acetylenes is 1. The molecule has 4 nitrogen and oxygen atoms in total. The molecule has 0 atom stereocenters. The van der Waals surface area contributed by atoms with Gasteiger partial charge in [0.2, 0.25) is 0 Å². The summed E-state index contributed by atoms with van der Waals surface area (Å²) in [4.78, 5) is 11.4. The second-order valence-electron chi connectivity index (χ2n) is 3.78. The molecule has 0 aliphatic heterocycles. The first-order chi connectivity index (χ1) is 9.19. The molecular formula is C14H17BrN2O2. The summed E-state index contributed by atoms with van der Waals surface area (Å²) in [6, 6.07) is 5.77. The van der Waals surface area contributed by atoms with Crippen molar-refractivity contribution in [2.45, 2.75) is 13.5 Å². The van der Waals surface area contributed by atoms with Gasteiger partial charge in [0.15, 0.2) is 6.61 Å². The standard InChI is InChI=1S/C14H17BrN2O2/c1-3-8-17-13(18)10-19-14-11(9-16-4-2)6-5-7-12(14)15/h1,5-7,16H,4,8-10H2,2H3,(H,17,18). The van der Waals surface area contributed by atoms with E-state index in [4.69, 9.17) is 11.2 Å². The number of amides is 1. The Kier molecular flexibility index (Phi) is 7.01. The topological polar surface area (TPSA) is 50.4 Å². The SMILES string of the molecule is C#CCNC(=O)COc1c(Br)cccc1CNCC. The van der Waals surface area contributed by atoms with Crippen LogP contribution >= 0.6 is 15.9 Å². The van der Waals surface area contributed by atoms with E-state index < -0.39 is 0 Å². The van der Waals surface area contributed by atoms with Crippen LogP contribution in [0, 0.1) is 12.3 Å². The molecule has 0 fully saturated rings. The third kappa shape index (κ3) is 5.33. The number of ether oxygens (including phenoxy) is 1. The van der Waals surface area contributed by atoms with E-state index in [-0.39, 0.29) is 19.1 Å². The summed E-state index contributed by atoms with van der Waals surface area (Å²) in [5.74, 6) is 2.79. The Bertz CT molecular complexity index is 469. The van der Waals surface area contributed by atoms with Crippen LogP contribution in [0.5, 0.6) is 5.75 Å². The van der Waals surface area contributed by atoms with Crippen LogP contribution in [0.4, 0.5) is 0 Å². The highest BCUT2D eigenvalue weighted by atomic mass is 79.9. The molecule has 2 N–H and O–H groups in total. The van der Waals surface area contributed by atoms with E-state index in [2.05, 4.69) is 32.5 Å². The second kappa shape index (κ2) is 8.57. The first kappa shape index (κ1) is 15.5. The Morgan fingerprint density at radius 1 is 1.53 bits per heavy atom. The number of para-hydroxylation sites is 1. The van der Waals surface area contributed by atoms with Gasteiger partial charge in [-0.25, -0.2) is 0 Å². The molecule has 1 amide bonds. The van der Waals surface area contributed by atoms with Crippen LogP contribution in [0.15, 0.2) is 22.7 Å². The smallest absolute Gasteiger partial charge is 0.258 e. The molecule has 0 radical (unpaired) electrons. The molecule has 0 heterocycles. The van der Waals surface area contributed by atoms with E-state index in [1.165, 1.54) is 0 Å². The number of nitrogens with one attached hydrogen (secondary N) is 2. The number of rotatable bonds is 7. The van der Waals surface area contributed by atoms with Gasteiger partial charge in [0.1, 0.15) is 5.75 Å². The number of halogens is 1. The molecule has 0 bridgehead atoms. The average molecular weight is 325 g/mol. The zero-order chi connectivity index (χ0) is 14.1. The number of hydrogen-bond donors (Lipinski definition) is 2. The summed E-state index contributed by atoms with van der Waals surface area (Å²) < 4.78 is 6.38. The normalized spacial score (nSPS) is 9.74. The third-order valence-corrected chi connectivity index (χ3v) is 2.97. The maximum absolute atomic E-state index is 11.4. The quantitative estimate of drug-likeness (QED) is 0.750. The van der Waals surface area contributed by atoms with Gasteiger partial charge in [-0.2, -0.15) is 0 Å². The molecule has 1 aromatic carbocycles. The fourth-order valence-electron chi connectivity index (χ4n) is 1.45. The van der Waals surface area contributed by atoms with Crippen molar-refractivity contribution in [1.29, 1.82) is 0 Å². The molecule has 0 unspecified atom stereocenters. The number of benzene rings is 1. The van der Waals surface area contributed by atoms with Gasteiger partial charge >= 0.3 is 0 Å². The molecular weight excluding hydrogens is 308 g/mol. The van der Waals surface area contributed by atoms with Crippen molar-refractivity contribution in [3.8, 4) is 18.1 Å². The highest BCUT2D eigenvalue weighted by Crippen LogP contribution is 2.28. The van der Waals surface area contributed by atoms with Crippen LogP contribution in [0.25, 0.3) is 0 Å². The van der Waals surface area contributed by atoms with Crippen LogP contribution < -0.4 is 15.4 Å². The van der Waals surface area contributed by atoms with Gasteiger partial charge in [-0.1, -0.05) is 25.0 Å². The van der Waals surface area contributed by atoms with Gasteiger partial charge in [0.05, 0.1) is 11.0 Å². The van der Waals surface area contributed by atoms with Crippen molar-refractivity contribution >= 4 is 21.8 Å². The zero-order valence-corrected chi connectivity index (χ0v) is 12.4. The molecule has 0 aliphatic rings. The lowest BCUT2D eigenvalue weighted by molar-refractivity contribution is -0.122. The summed E-state index contributed by atoms with van der Waals surface area (Å²) in [5.41, 5.74) is 1.00. The molecule has 1 aromatic rings. The Labute approximate surface area is 122 Å². The third-order valence-electron chi connectivity index (χ3n) is 2.35. The maximum atomic E-state index is 11.4. The Hall–Kier alpha value is -1.51. The van der Waals surface area contributed by atoms with E-state index in [0.717, 1.165) is 16.6 Å². The van der Waals surface area contributed by atoms with Crippen molar-refractivity contribution in [2.24, 2.45) is 0 Å². The summed E-state index contributed by atoms with van der Waals surface area (Å²) in [6.45, 7) is 3.75. The summed E-state index contributed by atoms with van der Waals surface area (Å²) in [5, 5.41) is 5.78. The number of carbonyl (C=O) groups excluding carboxylic acids is 1. The highest BCUT2D eigenvalue weighted by molar-refractivity contribution is 9.10. The van der Waals surface area contributed by atoms with Crippen molar-refractivity contribution in [3.63, 3.8) is 0 Å². The monoisotopic (exact) mass is 324 g/mol. The van der Waals surface area contributed by atoms with Gasteiger partial charge in [0, 0.05) is 12.1 Å². The summed E-state index contributed by atoms with van der Waals surface area (Å²) >= 11 is 3.42. The number of hydrogen-bond acceptors (Lipinski definition) is 3. The molecule has 0 saturated carbocycles. The first-order valence-corrected chi connectivity index (χ1v) is 6.79. The van der Waals surface area contributed by atoms with Gasteiger partial charge in [-0.05, 0) is 28.5 Å². The lowest BCUT2D eigenvalue weighted by Crippen LogP contribution is -2.29. The predicted octanol–water partition coefficient (Wildman–Crippen LogP) is 1.69. The number of carbonyl (C=O) groups is 1. The van der Waals surface area contributed by atoms with Crippen LogP contribution in [-0.4, -0.2) is 25.6 Å². The molecule has 0 saturated heterocycles. The van der Waals surface area contributed by atoms with E-state index in [1.807, 2.05) is 25.1 Å². The largest absolute Gasteiger partial charge is 0.482 e. The molecule has 1 rings (SSSR count). The van der Waals surface area contributed by atoms with Crippen molar-refractivity contribution in [2.75, 3.05) is 19.7 Å². The minimum Gasteiger partial charge on any atom is -0.482 e. The lowest BCUT2D eigenvalue weighted by atomic mass is 10.2. The maximum Gasteiger partial charge on any atom is 0.258 e. The van der Waals surface area contributed by atoms with E-state index in [9.17, 15) is 4.79 Å². The highest BCUT2D eigenvalue weighted by Gasteiger charge is 2.09. The zero-order valence-electron chi connectivity index (χ0n) is 10.8. The van der Waals surface area contributed by atoms with Crippen LogP contribution in [0.3, 0.4) is 0 Å². The van der Waals surface area contributed by atoms with Gasteiger partial charge in [-0.3, -0.25) is 4.79 Å². The molecule has 0 aliphatic carbocycles. The van der Waals surface area contributed by atoms with E-state index >= 15 is 0 Å². The van der Waals surface area contributed by atoms with Gasteiger partial charge in [0.25, 0.3) is 5.91 Å². The van der Waals surface area contributed by atoms with Crippen LogP contribution in [0.1, 0.15) is 12.5 Å².